The van der Waals surface area contributed by atoms with Crippen LogP contribution < -0.4 is 5.32 Å². The highest BCUT2D eigenvalue weighted by molar-refractivity contribution is 7.07. The average molecular weight is 399 g/mol. The lowest BCUT2D eigenvalue weighted by Gasteiger charge is -2.42. The molecule has 0 spiro atoms. The molecule has 2 aliphatic heterocycles. The molecule has 2 aromatic heterocycles. The number of hydrogen-bond donors (Lipinski definition) is 1. The highest BCUT2D eigenvalue weighted by atomic mass is 32.1. The van der Waals surface area contributed by atoms with Crippen LogP contribution >= 0.6 is 11.3 Å². The Bertz CT molecular complexity index is 728. The molecular weight excluding hydrogens is 368 g/mol. The number of aromatic nitrogens is 1. The van der Waals surface area contributed by atoms with Gasteiger partial charge in [0.05, 0.1) is 18.2 Å². The van der Waals surface area contributed by atoms with E-state index in [9.17, 15) is 4.79 Å². The Kier molecular flexibility index (Phi) is 6.73. The van der Waals surface area contributed by atoms with Crippen molar-refractivity contribution >= 4 is 17.2 Å². The third-order valence-corrected chi connectivity index (χ3v) is 6.79. The molecule has 28 heavy (non-hydrogen) atoms. The van der Waals surface area contributed by atoms with Gasteiger partial charge in [0.1, 0.15) is 0 Å². The minimum absolute atomic E-state index is 0.112. The Balaban J connectivity index is 1.23. The van der Waals surface area contributed by atoms with Crippen LogP contribution in [0.3, 0.4) is 0 Å². The maximum atomic E-state index is 12.7. The summed E-state index contributed by atoms with van der Waals surface area (Å²) in [6.45, 7) is 5.97. The third kappa shape index (κ3) is 5.19. The van der Waals surface area contributed by atoms with Gasteiger partial charge in [-0.2, -0.15) is 11.3 Å². The summed E-state index contributed by atoms with van der Waals surface area (Å²) >= 11 is 1.78. The van der Waals surface area contributed by atoms with E-state index in [1.165, 1.54) is 18.4 Å². The van der Waals surface area contributed by atoms with Crippen LogP contribution in [-0.4, -0.2) is 52.9 Å². The molecule has 4 heterocycles. The topological polar surface area (TPSA) is 48.5 Å². The second-order valence-corrected chi connectivity index (χ2v) is 8.79. The normalized spacial score (nSPS) is 22.2. The van der Waals surface area contributed by atoms with E-state index >= 15 is 0 Å². The molecule has 2 aliphatic rings. The van der Waals surface area contributed by atoms with Crippen molar-refractivity contribution in [1.82, 2.24) is 20.1 Å². The number of piperidine rings is 2. The van der Waals surface area contributed by atoms with Crippen molar-refractivity contribution in [3.05, 3.63) is 52.5 Å². The summed E-state index contributed by atoms with van der Waals surface area (Å²) in [5, 5.41) is 7.51. The fraction of sp³-hybridized carbons (Fsp3) is 0.545. The summed E-state index contributed by atoms with van der Waals surface area (Å²) in [7, 11) is 0. The molecule has 150 valence electrons. The van der Waals surface area contributed by atoms with E-state index in [0.29, 0.717) is 12.6 Å². The predicted octanol–water partition coefficient (Wildman–Crippen LogP) is 3.14. The molecule has 0 aromatic carbocycles. The molecule has 1 atom stereocenters. The van der Waals surface area contributed by atoms with Crippen LogP contribution in [0.1, 0.15) is 36.9 Å². The molecule has 4 rings (SSSR count). The van der Waals surface area contributed by atoms with Crippen LogP contribution in [0.2, 0.25) is 0 Å². The number of likely N-dealkylation sites (tertiary alicyclic amines) is 2. The summed E-state index contributed by atoms with van der Waals surface area (Å²) in [5.41, 5.74) is 2.35. The first-order valence-electron chi connectivity index (χ1n) is 10.4. The molecule has 5 nitrogen and oxygen atoms in total. The van der Waals surface area contributed by atoms with Gasteiger partial charge in [-0.15, -0.1) is 0 Å². The van der Waals surface area contributed by atoms with Crippen LogP contribution in [0.5, 0.6) is 0 Å². The Morgan fingerprint density at radius 2 is 2.07 bits per heavy atom. The molecule has 0 unspecified atom stereocenters. The maximum Gasteiger partial charge on any atom is 0.224 e. The third-order valence-electron chi connectivity index (χ3n) is 6.05. The lowest BCUT2D eigenvalue weighted by Crippen LogP contribution is -2.50. The van der Waals surface area contributed by atoms with Gasteiger partial charge in [0.2, 0.25) is 5.91 Å². The molecule has 6 heteroatoms. The Labute approximate surface area is 171 Å². The van der Waals surface area contributed by atoms with Gasteiger partial charge in [0, 0.05) is 25.3 Å². The van der Waals surface area contributed by atoms with Gasteiger partial charge in [-0.3, -0.25) is 19.6 Å². The number of carbonyl (C=O) groups excluding carboxylic acids is 1. The highest BCUT2D eigenvalue weighted by Crippen LogP contribution is 2.25. The van der Waals surface area contributed by atoms with Gasteiger partial charge in [-0.25, -0.2) is 0 Å². The molecular formula is C22H30N4OS. The van der Waals surface area contributed by atoms with E-state index in [4.69, 9.17) is 0 Å². The first-order chi connectivity index (χ1) is 13.8. The van der Waals surface area contributed by atoms with E-state index in [2.05, 4.69) is 36.9 Å². The SMILES string of the molecule is O=C(NCc1ccccn1)[C@@H]1CCCN(C2CCN(Cc3ccsc3)CC2)C1. The summed E-state index contributed by atoms with van der Waals surface area (Å²) in [5.74, 6) is 0.298. The van der Waals surface area contributed by atoms with Crippen molar-refractivity contribution in [3.8, 4) is 0 Å². The number of nitrogens with zero attached hydrogens (tertiary/aromatic N) is 3. The van der Waals surface area contributed by atoms with Gasteiger partial charge < -0.3 is 5.32 Å². The molecule has 2 aromatic rings. The fourth-order valence-electron chi connectivity index (χ4n) is 4.46. The van der Waals surface area contributed by atoms with Gasteiger partial charge in [-0.1, -0.05) is 6.07 Å². The Morgan fingerprint density at radius 1 is 1.18 bits per heavy atom. The maximum absolute atomic E-state index is 12.7. The van der Waals surface area contributed by atoms with Gasteiger partial charge in [0.15, 0.2) is 0 Å². The molecule has 2 saturated heterocycles. The summed E-state index contributed by atoms with van der Waals surface area (Å²) < 4.78 is 0. The van der Waals surface area contributed by atoms with Crippen molar-refractivity contribution in [2.45, 2.75) is 44.8 Å². The fourth-order valence-corrected chi connectivity index (χ4v) is 5.12. The van der Waals surface area contributed by atoms with E-state index in [-0.39, 0.29) is 11.8 Å². The molecule has 0 aliphatic carbocycles. The molecule has 0 radical (unpaired) electrons. The Morgan fingerprint density at radius 3 is 2.82 bits per heavy atom. The zero-order chi connectivity index (χ0) is 19.2. The van der Waals surface area contributed by atoms with Crippen LogP contribution in [-0.2, 0) is 17.9 Å². The molecule has 0 bridgehead atoms. The first kappa shape index (κ1) is 19.6. The second kappa shape index (κ2) is 9.63. The number of rotatable bonds is 6. The van der Waals surface area contributed by atoms with Crippen molar-refractivity contribution in [3.63, 3.8) is 0 Å². The van der Waals surface area contributed by atoms with Crippen molar-refractivity contribution in [1.29, 1.82) is 0 Å². The zero-order valence-corrected chi connectivity index (χ0v) is 17.2. The van der Waals surface area contributed by atoms with Crippen LogP contribution in [0.4, 0.5) is 0 Å². The molecule has 1 N–H and O–H groups in total. The van der Waals surface area contributed by atoms with E-state index in [0.717, 1.165) is 51.3 Å². The van der Waals surface area contributed by atoms with Crippen molar-refractivity contribution in [2.24, 2.45) is 5.92 Å². The van der Waals surface area contributed by atoms with Gasteiger partial charge in [0.25, 0.3) is 0 Å². The molecule has 2 fully saturated rings. The number of nitrogens with one attached hydrogen (secondary N) is 1. The van der Waals surface area contributed by atoms with E-state index in [1.54, 1.807) is 17.5 Å². The minimum Gasteiger partial charge on any atom is -0.350 e. The lowest BCUT2D eigenvalue weighted by molar-refractivity contribution is -0.127. The van der Waals surface area contributed by atoms with Crippen LogP contribution in [0.15, 0.2) is 41.2 Å². The van der Waals surface area contributed by atoms with Crippen LogP contribution in [0.25, 0.3) is 0 Å². The van der Waals surface area contributed by atoms with Crippen molar-refractivity contribution < 1.29 is 4.79 Å². The number of carbonyl (C=O) groups is 1. The van der Waals surface area contributed by atoms with E-state index in [1.807, 2.05) is 18.2 Å². The number of pyridine rings is 1. The molecule has 1 amide bonds. The smallest absolute Gasteiger partial charge is 0.224 e. The monoisotopic (exact) mass is 398 g/mol. The summed E-state index contributed by atoms with van der Waals surface area (Å²) in [6.07, 6.45) is 6.33. The van der Waals surface area contributed by atoms with Gasteiger partial charge in [-0.05, 0) is 79.8 Å². The Hall–Kier alpha value is -1.76. The summed E-state index contributed by atoms with van der Waals surface area (Å²) in [4.78, 5) is 22.1. The number of thiophene rings is 1. The van der Waals surface area contributed by atoms with Crippen molar-refractivity contribution in [2.75, 3.05) is 26.2 Å². The minimum atomic E-state index is 0.112. The van der Waals surface area contributed by atoms with E-state index < -0.39 is 0 Å². The van der Waals surface area contributed by atoms with Gasteiger partial charge >= 0.3 is 0 Å². The highest BCUT2D eigenvalue weighted by Gasteiger charge is 2.31. The second-order valence-electron chi connectivity index (χ2n) is 8.01. The number of hydrogen-bond acceptors (Lipinski definition) is 5. The first-order valence-corrected chi connectivity index (χ1v) is 11.4. The standard InChI is InChI=1S/C22H30N4OS/c27-22(24-14-20-5-1-2-9-23-20)19-4-3-10-26(16-19)21-6-11-25(12-7-21)15-18-8-13-28-17-18/h1-2,5,8-9,13,17,19,21H,3-4,6-7,10-12,14-16H2,(H,24,27)/t19-/m1/s1. The summed E-state index contributed by atoms with van der Waals surface area (Å²) in [6, 6.07) is 8.68. The zero-order valence-electron chi connectivity index (χ0n) is 16.4. The quantitative estimate of drug-likeness (QED) is 0.812. The van der Waals surface area contributed by atoms with Crippen LogP contribution in [0, 0.1) is 5.92 Å². The average Bonchev–Trinajstić information content (AvgIpc) is 3.26. The lowest BCUT2D eigenvalue weighted by atomic mass is 9.93. The predicted molar refractivity (Wildman–Crippen MR) is 113 cm³/mol. The largest absolute Gasteiger partial charge is 0.350 e. The molecule has 0 saturated carbocycles. The number of amides is 1.